The van der Waals surface area contributed by atoms with Crippen LogP contribution in [0.1, 0.15) is 16.1 Å². The molecule has 0 fully saturated rings. The van der Waals surface area contributed by atoms with Crippen LogP contribution in [0.4, 0.5) is 13.2 Å². The number of fused-ring (bicyclic) bond motifs is 1. The van der Waals surface area contributed by atoms with E-state index in [0.717, 1.165) is 6.07 Å². The molecule has 90 valence electrons. The van der Waals surface area contributed by atoms with Crippen LogP contribution in [0.15, 0.2) is 18.2 Å². The van der Waals surface area contributed by atoms with Gasteiger partial charge in [0.05, 0.1) is 12.7 Å². The van der Waals surface area contributed by atoms with Crippen LogP contribution in [0.25, 0.3) is 10.9 Å². The minimum atomic E-state index is -4.45. The van der Waals surface area contributed by atoms with Gasteiger partial charge in [-0.15, -0.1) is 0 Å². The van der Waals surface area contributed by atoms with Crippen molar-refractivity contribution >= 4 is 17.2 Å². The first-order valence-corrected chi connectivity index (χ1v) is 4.69. The number of aromatic amines is 1. The number of methoxy groups -OCH3 is 1. The molecule has 2 aromatic rings. The lowest BCUT2D eigenvalue weighted by atomic mass is 10.1. The zero-order chi connectivity index (χ0) is 12.6. The molecule has 0 aliphatic rings. The molecule has 0 saturated carbocycles. The minimum Gasteiger partial charge on any atom is -0.495 e. The van der Waals surface area contributed by atoms with Gasteiger partial charge in [-0.3, -0.25) is 4.79 Å². The molecular formula is C11H8F3NO2. The second kappa shape index (κ2) is 3.80. The van der Waals surface area contributed by atoms with Crippen LogP contribution in [-0.2, 0) is 6.18 Å². The van der Waals surface area contributed by atoms with E-state index in [4.69, 9.17) is 4.74 Å². The quantitative estimate of drug-likeness (QED) is 0.824. The van der Waals surface area contributed by atoms with Crippen LogP contribution in [-0.4, -0.2) is 18.4 Å². The first-order valence-electron chi connectivity index (χ1n) is 4.69. The van der Waals surface area contributed by atoms with Crippen molar-refractivity contribution in [2.75, 3.05) is 7.11 Å². The number of rotatable bonds is 2. The van der Waals surface area contributed by atoms with Crippen LogP contribution < -0.4 is 4.74 Å². The fourth-order valence-corrected chi connectivity index (χ4v) is 1.67. The molecule has 3 nitrogen and oxygen atoms in total. The molecule has 0 amide bonds. The molecule has 6 heteroatoms. The highest BCUT2D eigenvalue weighted by atomic mass is 19.4. The summed E-state index contributed by atoms with van der Waals surface area (Å²) in [5.74, 6) is 0.143. The first-order chi connectivity index (χ1) is 7.97. The summed E-state index contributed by atoms with van der Waals surface area (Å²) in [7, 11) is 1.31. The third kappa shape index (κ3) is 1.86. The van der Waals surface area contributed by atoms with Crippen molar-refractivity contribution < 1.29 is 22.7 Å². The Kier molecular flexibility index (Phi) is 2.57. The summed E-state index contributed by atoms with van der Waals surface area (Å²) in [6.07, 6.45) is -3.91. The fraction of sp³-hybridized carbons (Fsp3) is 0.182. The maximum atomic E-state index is 12.5. The Labute approximate surface area is 94.2 Å². The number of aromatic nitrogens is 1. The van der Waals surface area contributed by atoms with E-state index >= 15 is 0 Å². The van der Waals surface area contributed by atoms with E-state index in [0.29, 0.717) is 6.29 Å². The lowest BCUT2D eigenvalue weighted by Gasteiger charge is -2.03. The van der Waals surface area contributed by atoms with Crippen molar-refractivity contribution in [1.29, 1.82) is 0 Å². The summed E-state index contributed by atoms with van der Waals surface area (Å²) < 4.78 is 42.5. The third-order valence-corrected chi connectivity index (χ3v) is 2.42. The smallest absolute Gasteiger partial charge is 0.431 e. The second-order valence-corrected chi connectivity index (χ2v) is 3.45. The number of ether oxygens (including phenoxy) is 1. The number of hydrogen-bond acceptors (Lipinski definition) is 2. The van der Waals surface area contributed by atoms with Crippen LogP contribution in [0, 0.1) is 0 Å². The van der Waals surface area contributed by atoms with Crippen LogP contribution in [0.5, 0.6) is 5.75 Å². The van der Waals surface area contributed by atoms with Gasteiger partial charge in [-0.2, -0.15) is 13.2 Å². The van der Waals surface area contributed by atoms with E-state index in [1.54, 1.807) is 0 Å². The zero-order valence-corrected chi connectivity index (χ0v) is 8.76. The minimum absolute atomic E-state index is 0.143. The van der Waals surface area contributed by atoms with Crippen LogP contribution in [0.2, 0.25) is 0 Å². The number of carbonyl (C=O) groups is 1. The Hall–Kier alpha value is -1.98. The third-order valence-electron chi connectivity index (χ3n) is 2.42. The molecule has 1 aromatic heterocycles. The number of halogens is 3. The van der Waals surface area contributed by atoms with Gasteiger partial charge in [0.1, 0.15) is 11.4 Å². The Morgan fingerprint density at radius 1 is 1.35 bits per heavy atom. The van der Waals surface area contributed by atoms with Gasteiger partial charge >= 0.3 is 6.18 Å². The number of alkyl halides is 3. The summed E-state index contributed by atoms with van der Waals surface area (Å²) in [6, 6.07) is 3.75. The molecule has 0 aliphatic carbocycles. The number of nitrogens with one attached hydrogen (secondary N) is 1. The molecule has 2 rings (SSSR count). The van der Waals surface area contributed by atoms with Gasteiger partial charge in [-0.05, 0) is 18.2 Å². The number of carbonyl (C=O) groups excluding carboxylic acids is 1. The standard InChI is InChI=1S/C11H8F3NO2/c1-17-10-6(5-16)2-3-8-7(10)4-9(15-8)11(12,13)14/h2-5,15H,1H3. The summed E-state index contributed by atoms with van der Waals surface area (Å²) in [4.78, 5) is 13.0. The molecule has 1 aromatic carbocycles. The number of benzene rings is 1. The second-order valence-electron chi connectivity index (χ2n) is 3.45. The highest BCUT2D eigenvalue weighted by Gasteiger charge is 2.33. The maximum absolute atomic E-state index is 12.5. The molecule has 1 N–H and O–H groups in total. The molecule has 0 spiro atoms. The maximum Gasteiger partial charge on any atom is 0.431 e. The van der Waals surface area contributed by atoms with Gasteiger partial charge in [0.15, 0.2) is 6.29 Å². The Balaban J connectivity index is 2.73. The van der Waals surface area contributed by atoms with Gasteiger partial charge in [-0.25, -0.2) is 0 Å². The van der Waals surface area contributed by atoms with Crippen LogP contribution >= 0.6 is 0 Å². The summed E-state index contributed by atoms with van der Waals surface area (Å²) in [5, 5.41) is 0.240. The van der Waals surface area contributed by atoms with Crippen molar-refractivity contribution in [3.63, 3.8) is 0 Å². The number of H-pyrrole nitrogens is 1. The molecule has 0 unspecified atom stereocenters. The summed E-state index contributed by atoms with van der Waals surface area (Å²) in [6.45, 7) is 0. The van der Waals surface area contributed by atoms with E-state index in [9.17, 15) is 18.0 Å². The Bertz CT molecular complexity index is 572. The average molecular weight is 243 g/mol. The molecule has 1 heterocycles. The fourth-order valence-electron chi connectivity index (χ4n) is 1.67. The van der Waals surface area contributed by atoms with Crippen molar-refractivity contribution in [2.45, 2.75) is 6.18 Å². The molecule has 0 saturated heterocycles. The topological polar surface area (TPSA) is 42.1 Å². The predicted octanol–water partition coefficient (Wildman–Crippen LogP) is 3.01. The largest absolute Gasteiger partial charge is 0.495 e. The molecule has 0 bridgehead atoms. The van der Waals surface area contributed by atoms with Gasteiger partial charge < -0.3 is 9.72 Å². The van der Waals surface area contributed by atoms with Gasteiger partial charge in [0, 0.05) is 10.9 Å². The van der Waals surface area contributed by atoms with Crippen molar-refractivity contribution in [3.05, 3.63) is 29.5 Å². The van der Waals surface area contributed by atoms with E-state index in [-0.39, 0.29) is 22.2 Å². The van der Waals surface area contributed by atoms with E-state index in [1.807, 2.05) is 0 Å². The number of aldehydes is 1. The number of hydrogen-bond donors (Lipinski definition) is 1. The molecule has 17 heavy (non-hydrogen) atoms. The summed E-state index contributed by atoms with van der Waals surface area (Å²) >= 11 is 0. The highest BCUT2D eigenvalue weighted by Crippen LogP contribution is 2.35. The van der Waals surface area contributed by atoms with Gasteiger partial charge in [-0.1, -0.05) is 0 Å². The average Bonchev–Trinajstić information content (AvgIpc) is 2.70. The zero-order valence-electron chi connectivity index (χ0n) is 8.76. The SMILES string of the molecule is COc1c(C=O)ccc2[nH]c(C(F)(F)F)cc12. The van der Waals surface area contributed by atoms with E-state index in [1.165, 1.54) is 19.2 Å². The molecular weight excluding hydrogens is 235 g/mol. The molecule has 0 aliphatic heterocycles. The van der Waals surface area contributed by atoms with Gasteiger partial charge in [0.25, 0.3) is 0 Å². The van der Waals surface area contributed by atoms with E-state index < -0.39 is 11.9 Å². The molecule has 0 atom stereocenters. The lowest BCUT2D eigenvalue weighted by molar-refractivity contribution is -0.140. The molecule has 0 radical (unpaired) electrons. The first kappa shape index (κ1) is 11.5. The monoisotopic (exact) mass is 243 g/mol. The Morgan fingerprint density at radius 2 is 2.06 bits per heavy atom. The Morgan fingerprint density at radius 3 is 2.59 bits per heavy atom. The predicted molar refractivity (Wildman–Crippen MR) is 55.2 cm³/mol. The highest BCUT2D eigenvalue weighted by molar-refractivity contribution is 5.95. The van der Waals surface area contributed by atoms with Crippen molar-refractivity contribution in [1.82, 2.24) is 4.98 Å². The normalized spacial score (nSPS) is 11.8. The lowest BCUT2D eigenvalue weighted by Crippen LogP contribution is -2.04. The summed E-state index contributed by atoms with van der Waals surface area (Å²) in [5.41, 5.74) is -0.374. The van der Waals surface area contributed by atoms with E-state index in [2.05, 4.69) is 4.98 Å². The van der Waals surface area contributed by atoms with Crippen molar-refractivity contribution in [3.8, 4) is 5.75 Å². The van der Waals surface area contributed by atoms with Crippen molar-refractivity contribution in [2.24, 2.45) is 0 Å². The van der Waals surface area contributed by atoms with Gasteiger partial charge in [0.2, 0.25) is 0 Å². The van der Waals surface area contributed by atoms with Crippen LogP contribution in [0.3, 0.4) is 0 Å².